The molecule has 0 spiro atoms. The van der Waals surface area contributed by atoms with Gasteiger partial charge < -0.3 is 14.7 Å². The number of aromatic nitrogens is 1. The third-order valence-corrected chi connectivity index (χ3v) is 4.82. The fourth-order valence-corrected chi connectivity index (χ4v) is 3.31. The maximum Gasteiger partial charge on any atom is 0.320 e. The predicted molar refractivity (Wildman–Crippen MR) is 98.6 cm³/mol. The maximum atomic E-state index is 12.5. The highest BCUT2D eigenvalue weighted by Gasteiger charge is 2.24. The number of anilines is 1. The van der Waals surface area contributed by atoms with E-state index in [-0.39, 0.29) is 6.03 Å². The van der Waals surface area contributed by atoms with Crippen LogP contribution in [0.25, 0.3) is 10.9 Å². The predicted octanol–water partition coefficient (Wildman–Crippen LogP) is 3.13. The number of hydrogen-bond acceptors (Lipinski definition) is 3. The molecule has 1 aliphatic rings. The molecule has 1 fully saturated rings. The Bertz CT molecular complexity index is 718. The second-order valence-corrected chi connectivity index (χ2v) is 6.24. The Balaban J connectivity index is 1.72. The standard InChI is InChI=1S/C19H26N4O/c1-4-21(5-2)19(24)23-12-10-22(11-13-23)18-14-15(3)16-8-6-7-9-17(16)20-18/h6-9,14H,4-5,10-13H2,1-3H3. The van der Waals surface area contributed by atoms with Gasteiger partial charge in [0.15, 0.2) is 0 Å². The van der Waals surface area contributed by atoms with E-state index in [2.05, 4.69) is 30.0 Å². The van der Waals surface area contributed by atoms with Crippen LogP contribution in [0.15, 0.2) is 30.3 Å². The molecule has 2 heterocycles. The Morgan fingerprint density at radius 1 is 1.12 bits per heavy atom. The van der Waals surface area contributed by atoms with Crippen molar-refractivity contribution in [1.29, 1.82) is 0 Å². The highest BCUT2D eigenvalue weighted by molar-refractivity contribution is 5.84. The second kappa shape index (κ2) is 7.07. The normalized spacial score (nSPS) is 15.0. The van der Waals surface area contributed by atoms with Gasteiger partial charge in [-0.25, -0.2) is 9.78 Å². The Kier molecular flexibility index (Phi) is 4.88. The van der Waals surface area contributed by atoms with Crippen LogP contribution in [0.4, 0.5) is 10.6 Å². The van der Waals surface area contributed by atoms with Crippen LogP contribution in [0.3, 0.4) is 0 Å². The molecule has 0 unspecified atom stereocenters. The number of urea groups is 1. The summed E-state index contributed by atoms with van der Waals surface area (Å²) < 4.78 is 0. The van der Waals surface area contributed by atoms with Gasteiger partial charge in [-0.15, -0.1) is 0 Å². The first kappa shape index (κ1) is 16.6. The van der Waals surface area contributed by atoms with Crippen LogP contribution in [0, 0.1) is 6.92 Å². The maximum absolute atomic E-state index is 12.5. The molecule has 3 rings (SSSR count). The third kappa shape index (κ3) is 3.16. The number of fused-ring (bicyclic) bond motifs is 1. The van der Waals surface area contributed by atoms with Crippen LogP contribution >= 0.6 is 0 Å². The molecule has 0 atom stereocenters. The van der Waals surface area contributed by atoms with Gasteiger partial charge in [-0.05, 0) is 38.5 Å². The molecule has 2 amide bonds. The quantitative estimate of drug-likeness (QED) is 0.870. The average molecular weight is 326 g/mol. The van der Waals surface area contributed by atoms with Gasteiger partial charge in [-0.1, -0.05) is 18.2 Å². The Labute approximate surface area is 143 Å². The lowest BCUT2D eigenvalue weighted by Gasteiger charge is -2.37. The second-order valence-electron chi connectivity index (χ2n) is 6.24. The first-order chi connectivity index (χ1) is 11.6. The molecule has 1 aromatic heterocycles. The van der Waals surface area contributed by atoms with Gasteiger partial charge in [0.25, 0.3) is 0 Å². The number of para-hydroxylation sites is 1. The minimum atomic E-state index is 0.155. The smallest absolute Gasteiger partial charge is 0.320 e. The topological polar surface area (TPSA) is 39.7 Å². The number of benzene rings is 1. The van der Waals surface area contributed by atoms with Crippen molar-refractivity contribution >= 4 is 22.8 Å². The molecule has 128 valence electrons. The Morgan fingerprint density at radius 2 is 1.79 bits per heavy atom. The zero-order chi connectivity index (χ0) is 17.1. The van der Waals surface area contributed by atoms with E-state index < -0.39 is 0 Å². The summed E-state index contributed by atoms with van der Waals surface area (Å²) in [7, 11) is 0. The first-order valence-electron chi connectivity index (χ1n) is 8.79. The molecule has 1 aromatic carbocycles. The van der Waals surface area contributed by atoms with E-state index in [0.717, 1.165) is 50.6 Å². The van der Waals surface area contributed by atoms with Crippen LogP contribution in [0.1, 0.15) is 19.4 Å². The van der Waals surface area contributed by atoms with Crippen molar-refractivity contribution in [2.75, 3.05) is 44.2 Å². The van der Waals surface area contributed by atoms with Crippen LogP contribution in [-0.2, 0) is 0 Å². The zero-order valence-corrected chi connectivity index (χ0v) is 14.8. The van der Waals surface area contributed by atoms with Crippen LogP contribution in [-0.4, -0.2) is 60.1 Å². The SMILES string of the molecule is CCN(CC)C(=O)N1CCN(c2cc(C)c3ccccc3n2)CC1. The number of carbonyl (C=O) groups excluding carboxylic acids is 1. The molecule has 1 saturated heterocycles. The summed E-state index contributed by atoms with van der Waals surface area (Å²) in [6, 6.07) is 10.6. The molecular formula is C19H26N4O. The van der Waals surface area contributed by atoms with Gasteiger partial charge >= 0.3 is 6.03 Å². The van der Waals surface area contributed by atoms with E-state index in [0.29, 0.717) is 0 Å². The number of carbonyl (C=O) groups is 1. The largest absolute Gasteiger partial charge is 0.353 e. The third-order valence-electron chi connectivity index (χ3n) is 4.82. The number of aryl methyl sites for hydroxylation is 1. The van der Waals surface area contributed by atoms with Crippen molar-refractivity contribution in [2.45, 2.75) is 20.8 Å². The van der Waals surface area contributed by atoms with Gasteiger partial charge in [0, 0.05) is 44.7 Å². The summed E-state index contributed by atoms with van der Waals surface area (Å²) in [5, 5.41) is 1.21. The number of amides is 2. The zero-order valence-electron chi connectivity index (χ0n) is 14.8. The Hall–Kier alpha value is -2.30. The van der Waals surface area contributed by atoms with Crippen LogP contribution in [0.5, 0.6) is 0 Å². The van der Waals surface area contributed by atoms with Crippen molar-refractivity contribution in [3.05, 3.63) is 35.9 Å². The molecule has 0 saturated carbocycles. The summed E-state index contributed by atoms with van der Waals surface area (Å²) in [5.41, 5.74) is 2.28. The molecule has 5 nitrogen and oxygen atoms in total. The van der Waals surface area contributed by atoms with E-state index >= 15 is 0 Å². The van der Waals surface area contributed by atoms with E-state index in [1.165, 1.54) is 10.9 Å². The minimum Gasteiger partial charge on any atom is -0.353 e. The van der Waals surface area contributed by atoms with E-state index in [1.54, 1.807) is 0 Å². The molecule has 1 aliphatic heterocycles. The summed E-state index contributed by atoms with van der Waals surface area (Å²) >= 11 is 0. The molecule has 24 heavy (non-hydrogen) atoms. The van der Waals surface area contributed by atoms with Gasteiger partial charge in [0.05, 0.1) is 5.52 Å². The summed E-state index contributed by atoms with van der Waals surface area (Å²) in [6.07, 6.45) is 0. The number of hydrogen-bond donors (Lipinski definition) is 0. The molecular weight excluding hydrogens is 300 g/mol. The van der Waals surface area contributed by atoms with E-state index in [4.69, 9.17) is 4.98 Å². The first-order valence-corrected chi connectivity index (χ1v) is 8.79. The number of rotatable bonds is 3. The molecule has 0 N–H and O–H groups in total. The van der Waals surface area contributed by atoms with Gasteiger partial charge in [0.1, 0.15) is 5.82 Å². The van der Waals surface area contributed by atoms with Crippen molar-refractivity contribution in [3.63, 3.8) is 0 Å². The molecule has 5 heteroatoms. The Morgan fingerprint density at radius 3 is 2.46 bits per heavy atom. The summed E-state index contributed by atoms with van der Waals surface area (Å²) in [5.74, 6) is 1.01. The fraction of sp³-hybridized carbons (Fsp3) is 0.474. The summed E-state index contributed by atoms with van der Waals surface area (Å²) in [4.78, 5) is 23.4. The lowest BCUT2D eigenvalue weighted by atomic mass is 10.1. The molecule has 2 aromatic rings. The van der Waals surface area contributed by atoms with E-state index in [9.17, 15) is 4.79 Å². The monoisotopic (exact) mass is 326 g/mol. The van der Waals surface area contributed by atoms with E-state index in [1.807, 2.05) is 35.8 Å². The van der Waals surface area contributed by atoms with Crippen molar-refractivity contribution in [3.8, 4) is 0 Å². The van der Waals surface area contributed by atoms with Crippen molar-refractivity contribution in [2.24, 2.45) is 0 Å². The van der Waals surface area contributed by atoms with Crippen LogP contribution in [0.2, 0.25) is 0 Å². The van der Waals surface area contributed by atoms with Crippen molar-refractivity contribution < 1.29 is 4.79 Å². The molecule has 0 aliphatic carbocycles. The average Bonchev–Trinajstić information content (AvgIpc) is 2.63. The fourth-order valence-electron chi connectivity index (χ4n) is 3.31. The number of pyridine rings is 1. The summed E-state index contributed by atoms with van der Waals surface area (Å²) in [6.45, 7) is 10.9. The van der Waals surface area contributed by atoms with Gasteiger partial charge in [-0.2, -0.15) is 0 Å². The molecule has 0 bridgehead atoms. The van der Waals surface area contributed by atoms with Crippen LogP contribution < -0.4 is 4.90 Å². The number of piperazine rings is 1. The molecule has 0 radical (unpaired) electrons. The number of nitrogens with zero attached hydrogens (tertiary/aromatic N) is 4. The highest BCUT2D eigenvalue weighted by Crippen LogP contribution is 2.23. The lowest BCUT2D eigenvalue weighted by Crippen LogP contribution is -2.53. The van der Waals surface area contributed by atoms with Gasteiger partial charge in [-0.3, -0.25) is 0 Å². The lowest BCUT2D eigenvalue weighted by molar-refractivity contribution is 0.154. The highest BCUT2D eigenvalue weighted by atomic mass is 16.2. The van der Waals surface area contributed by atoms with Gasteiger partial charge in [0.2, 0.25) is 0 Å². The minimum absolute atomic E-state index is 0.155. The van der Waals surface area contributed by atoms with Crippen molar-refractivity contribution in [1.82, 2.24) is 14.8 Å².